The normalized spacial score (nSPS) is 15.7. The van der Waals surface area contributed by atoms with Crippen molar-refractivity contribution in [3.63, 3.8) is 0 Å². The summed E-state index contributed by atoms with van der Waals surface area (Å²) in [5.74, 6) is -4.45. The number of aromatic hydroxyl groups is 2. The van der Waals surface area contributed by atoms with Crippen LogP contribution in [0.1, 0.15) is 26.8 Å². The monoisotopic (exact) mass is 431 g/mol. The molecule has 2 aromatic heterocycles. The van der Waals surface area contributed by atoms with Crippen molar-refractivity contribution in [3.8, 4) is 11.6 Å². The first kappa shape index (κ1) is 19.7. The topological polar surface area (TPSA) is 161 Å². The van der Waals surface area contributed by atoms with Gasteiger partial charge in [-0.15, -0.1) is 11.3 Å². The lowest BCUT2D eigenvalue weighted by Crippen LogP contribution is -2.32. The third kappa shape index (κ3) is 3.23. The van der Waals surface area contributed by atoms with Crippen LogP contribution in [0.5, 0.6) is 11.6 Å². The van der Waals surface area contributed by atoms with Gasteiger partial charge in [0.25, 0.3) is 0 Å². The molecule has 1 aliphatic heterocycles. The SMILES string of the molecule is O=C(O)C(=O)Nc1sc2c(c1C(=O)O)CCNC2Cn1cc2cccc(O)c2c1O. The number of nitrogens with one attached hydrogen (secondary N) is 2. The summed E-state index contributed by atoms with van der Waals surface area (Å²) < 4.78 is 1.55. The van der Waals surface area contributed by atoms with Crippen molar-refractivity contribution in [2.24, 2.45) is 0 Å². The van der Waals surface area contributed by atoms with E-state index in [0.717, 1.165) is 11.3 Å². The Morgan fingerprint density at radius 2 is 2.00 bits per heavy atom. The van der Waals surface area contributed by atoms with Crippen LogP contribution in [0.3, 0.4) is 0 Å². The molecule has 0 aliphatic carbocycles. The lowest BCUT2D eigenvalue weighted by molar-refractivity contribution is -0.147. The van der Waals surface area contributed by atoms with Gasteiger partial charge in [0.1, 0.15) is 10.8 Å². The lowest BCUT2D eigenvalue weighted by atomic mass is 9.99. The summed E-state index contributed by atoms with van der Waals surface area (Å²) in [6.45, 7) is 0.701. The maximum Gasteiger partial charge on any atom is 0.394 e. The molecule has 1 amide bonds. The predicted molar refractivity (Wildman–Crippen MR) is 107 cm³/mol. The van der Waals surface area contributed by atoms with Crippen molar-refractivity contribution in [3.05, 3.63) is 40.4 Å². The summed E-state index contributed by atoms with van der Waals surface area (Å²) in [6.07, 6.45) is 2.08. The van der Waals surface area contributed by atoms with Gasteiger partial charge < -0.3 is 35.6 Å². The number of phenols is 1. The fourth-order valence-electron chi connectivity index (χ4n) is 3.71. The number of hydrogen-bond donors (Lipinski definition) is 6. The number of anilines is 1. The lowest BCUT2D eigenvalue weighted by Gasteiger charge is -2.25. The number of aromatic nitrogens is 1. The molecule has 156 valence electrons. The van der Waals surface area contributed by atoms with E-state index in [-0.39, 0.29) is 34.8 Å². The van der Waals surface area contributed by atoms with Gasteiger partial charge >= 0.3 is 17.8 Å². The number of carbonyl (C=O) groups excluding carboxylic acids is 1. The molecule has 0 bridgehead atoms. The number of amides is 1. The Labute approximate surface area is 173 Å². The van der Waals surface area contributed by atoms with Crippen molar-refractivity contribution >= 4 is 45.0 Å². The van der Waals surface area contributed by atoms with E-state index in [2.05, 4.69) is 10.6 Å². The van der Waals surface area contributed by atoms with Gasteiger partial charge in [0.15, 0.2) is 0 Å². The maximum atomic E-state index is 11.8. The number of carboxylic acid groups (broad SMARTS) is 2. The highest BCUT2D eigenvalue weighted by Gasteiger charge is 2.32. The van der Waals surface area contributed by atoms with Crippen LogP contribution in [0.2, 0.25) is 0 Å². The average molecular weight is 431 g/mol. The highest BCUT2D eigenvalue weighted by atomic mass is 32.1. The summed E-state index contributed by atoms with van der Waals surface area (Å²) >= 11 is 0.996. The molecule has 11 heteroatoms. The van der Waals surface area contributed by atoms with Crippen molar-refractivity contribution in [1.29, 1.82) is 0 Å². The van der Waals surface area contributed by atoms with E-state index < -0.39 is 17.8 Å². The first-order valence-electron chi connectivity index (χ1n) is 8.94. The number of phenolic OH excluding ortho intramolecular Hbond substituents is 1. The summed E-state index contributed by atoms with van der Waals surface area (Å²) in [7, 11) is 0. The molecule has 1 aromatic carbocycles. The molecular formula is C19H17N3O7S. The molecule has 4 rings (SSSR count). The second-order valence-corrected chi connectivity index (χ2v) is 7.87. The minimum Gasteiger partial charge on any atom is -0.507 e. The number of thiophene rings is 1. The van der Waals surface area contributed by atoms with Crippen molar-refractivity contribution < 1.29 is 34.8 Å². The van der Waals surface area contributed by atoms with E-state index in [9.17, 15) is 29.7 Å². The van der Waals surface area contributed by atoms with E-state index >= 15 is 0 Å². The molecule has 6 N–H and O–H groups in total. The Morgan fingerprint density at radius 3 is 2.67 bits per heavy atom. The molecular weight excluding hydrogens is 414 g/mol. The highest BCUT2D eigenvalue weighted by Crippen LogP contribution is 2.41. The Hall–Kier alpha value is -3.57. The Bertz CT molecular complexity index is 1200. The average Bonchev–Trinajstić information content (AvgIpc) is 3.21. The fourth-order valence-corrected chi connectivity index (χ4v) is 5.02. The molecule has 3 aromatic rings. The van der Waals surface area contributed by atoms with Gasteiger partial charge in [0, 0.05) is 23.0 Å². The Morgan fingerprint density at radius 1 is 1.23 bits per heavy atom. The number of benzene rings is 1. The Kier molecular flexibility index (Phi) is 4.84. The fraction of sp³-hybridized carbons (Fsp3) is 0.211. The Balaban J connectivity index is 1.73. The van der Waals surface area contributed by atoms with Crippen LogP contribution < -0.4 is 10.6 Å². The largest absolute Gasteiger partial charge is 0.507 e. The highest BCUT2D eigenvalue weighted by molar-refractivity contribution is 7.17. The van der Waals surface area contributed by atoms with Gasteiger partial charge in [-0.1, -0.05) is 12.1 Å². The first-order valence-corrected chi connectivity index (χ1v) is 9.75. The van der Waals surface area contributed by atoms with E-state index in [1.165, 1.54) is 6.07 Å². The van der Waals surface area contributed by atoms with E-state index in [4.69, 9.17) is 5.11 Å². The zero-order valence-corrected chi connectivity index (χ0v) is 16.2. The van der Waals surface area contributed by atoms with Crippen LogP contribution >= 0.6 is 11.3 Å². The van der Waals surface area contributed by atoms with Crippen LogP contribution in [0.15, 0.2) is 24.4 Å². The molecule has 0 fully saturated rings. The number of rotatable bonds is 4. The molecule has 3 heterocycles. The van der Waals surface area contributed by atoms with Crippen LogP contribution in [-0.2, 0) is 22.6 Å². The summed E-state index contributed by atoms with van der Waals surface area (Å²) in [6, 6.07) is 4.49. The minimum atomic E-state index is -1.71. The third-order valence-corrected chi connectivity index (χ3v) is 6.26. The molecule has 1 aliphatic rings. The number of carbonyl (C=O) groups is 3. The zero-order valence-electron chi connectivity index (χ0n) is 15.4. The number of aromatic carboxylic acids is 1. The second kappa shape index (κ2) is 7.35. The van der Waals surface area contributed by atoms with Gasteiger partial charge in [-0.25, -0.2) is 9.59 Å². The molecule has 0 saturated heterocycles. The summed E-state index contributed by atoms with van der Waals surface area (Å²) in [5.41, 5.74) is 0.409. The number of carboxylic acids is 2. The van der Waals surface area contributed by atoms with Crippen molar-refractivity contribution in [2.45, 2.75) is 19.0 Å². The smallest absolute Gasteiger partial charge is 0.394 e. The molecule has 0 spiro atoms. The number of aliphatic carboxylic acids is 1. The van der Waals surface area contributed by atoms with E-state index in [0.29, 0.717) is 34.2 Å². The standard InChI is InChI=1S/C19H17N3O7S/c23-11-3-1-2-8-6-22(17(25)12(8)11)7-10-14-9(4-5-20-10)13(18(26)27)16(30-14)21-15(24)19(28)29/h1-3,6,10,20,23,25H,4-5,7H2,(H,21,24)(H,26,27)(H,28,29). The molecule has 0 saturated carbocycles. The zero-order chi connectivity index (χ0) is 21.6. The van der Waals surface area contributed by atoms with Crippen LogP contribution in [0, 0.1) is 0 Å². The third-order valence-electron chi connectivity index (χ3n) is 5.00. The number of hydrogen-bond acceptors (Lipinski definition) is 7. The molecule has 0 radical (unpaired) electrons. The molecule has 1 unspecified atom stereocenters. The summed E-state index contributed by atoms with van der Waals surface area (Å²) in [4.78, 5) is 34.9. The van der Waals surface area contributed by atoms with E-state index in [1.807, 2.05) is 0 Å². The van der Waals surface area contributed by atoms with Gasteiger partial charge in [-0.2, -0.15) is 0 Å². The van der Waals surface area contributed by atoms with E-state index in [1.54, 1.807) is 22.9 Å². The van der Waals surface area contributed by atoms with Gasteiger partial charge in [-0.05, 0) is 24.6 Å². The van der Waals surface area contributed by atoms with Gasteiger partial charge in [0.2, 0.25) is 5.88 Å². The predicted octanol–water partition coefficient (Wildman–Crippen LogP) is 1.72. The summed E-state index contributed by atoms with van der Waals surface area (Å²) in [5, 5.41) is 45.4. The minimum absolute atomic E-state index is 0.0341. The second-order valence-electron chi connectivity index (χ2n) is 6.82. The van der Waals surface area contributed by atoms with Gasteiger partial charge in [-0.3, -0.25) is 4.79 Å². The number of nitrogens with zero attached hydrogens (tertiary/aromatic N) is 1. The van der Waals surface area contributed by atoms with Crippen LogP contribution in [0.4, 0.5) is 5.00 Å². The molecule has 30 heavy (non-hydrogen) atoms. The molecule has 10 nitrogen and oxygen atoms in total. The maximum absolute atomic E-state index is 11.8. The van der Waals surface area contributed by atoms with Crippen molar-refractivity contribution in [2.75, 3.05) is 11.9 Å². The van der Waals surface area contributed by atoms with Crippen LogP contribution in [0.25, 0.3) is 10.8 Å². The number of fused-ring (bicyclic) bond motifs is 2. The van der Waals surface area contributed by atoms with Crippen LogP contribution in [-0.4, -0.2) is 49.4 Å². The quantitative estimate of drug-likeness (QED) is 0.340. The molecule has 1 atom stereocenters. The van der Waals surface area contributed by atoms with Crippen molar-refractivity contribution in [1.82, 2.24) is 9.88 Å². The van der Waals surface area contributed by atoms with Gasteiger partial charge in [0.05, 0.1) is 17.0 Å². The first-order chi connectivity index (χ1) is 14.3.